The Balaban J connectivity index is 1.98. The smallest absolute Gasteiger partial charge is 0.298 e. The maximum Gasteiger partial charge on any atom is 0.345 e. The molecular formula is C12H8N4O5S. The zero-order valence-electron chi connectivity index (χ0n) is 10.8. The van der Waals surface area contributed by atoms with Crippen molar-refractivity contribution >= 4 is 39.1 Å². The van der Waals surface area contributed by atoms with E-state index in [0.717, 1.165) is 17.5 Å². The minimum absolute atomic E-state index is 0.0447. The molecule has 10 heteroatoms. The lowest BCUT2D eigenvalue weighted by molar-refractivity contribution is -0.384. The monoisotopic (exact) mass is 320 g/mol. The van der Waals surface area contributed by atoms with Crippen LogP contribution in [0.25, 0.3) is 6.08 Å². The van der Waals surface area contributed by atoms with E-state index in [4.69, 9.17) is 0 Å². The first-order valence-electron chi connectivity index (χ1n) is 5.79. The second-order valence-electron chi connectivity index (χ2n) is 3.93. The van der Waals surface area contributed by atoms with Crippen LogP contribution < -0.4 is 5.32 Å². The van der Waals surface area contributed by atoms with Gasteiger partial charge in [-0.1, -0.05) is 0 Å². The van der Waals surface area contributed by atoms with Crippen LogP contribution in [0.5, 0.6) is 0 Å². The van der Waals surface area contributed by atoms with Gasteiger partial charge in [-0.25, -0.2) is 4.98 Å². The van der Waals surface area contributed by atoms with E-state index in [1.807, 2.05) is 0 Å². The summed E-state index contributed by atoms with van der Waals surface area (Å²) in [5.41, 5.74) is 0.558. The van der Waals surface area contributed by atoms with Gasteiger partial charge in [0.15, 0.2) is 5.13 Å². The minimum Gasteiger partial charge on any atom is -0.298 e. The zero-order chi connectivity index (χ0) is 16.1. The number of rotatable bonds is 5. The number of hydrogen-bond acceptors (Lipinski definition) is 7. The van der Waals surface area contributed by atoms with Gasteiger partial charge in [-0.2, -0.15) is 0 Å². The molecule has 9 nitrogen and oxygen atoms in total. The van der Waals surface area contributed by atoms with E-state index in [9.17, 15) is 25.0 Å². The third kappa shape index (κ3) is 3.93. The van der Waals surface area contributed by atoms with Gasteiger partial charge in [-0.05, 0) is 35.1 Å². The highest BCUT2D eigenvalue weighted by molar-refractivity contribution is 7.18. The van der Waals surface area contributed by atoms with Crippen LogP contribution in [0.15, 0.2) is 36.5 Å². The molecule has 1 aromatic heterocycles. The topological polar surface area (TPSA) is 128 Å². The van der Waals surface area contributed by atoms with Crippen molar-refractivity contribution in [1.82, 2.24) is 4.98 Å². The van der Waals surface area contributed by atoms with E-state index in [1.165, 1.54) is 36.4 Å². The Morgan fingerprint density at radius 2 is 1.86 bits per heavy atom. The first kappa shape index (κ1) is 15.3. The second-order valence-corrected chi connectivity index (χ2v) is 4.94. The zero-order valence-corrected chi connectivity index (χ0v) is 11.6. The van der Waals surface area contributed by atoms with E-state index in [1.54, 1.807) is 0 Å². The number of amides is 1. The number of nitro benzene ring substituents is 1. The van der Waals surface area contributed by atoms with E-state index in [0.29, 0.717) is 5.56 Å². The van der Waals surface area contributed by atoms with Crippen molar-refractivity contribution in [2.24, 2.45) is 0 Å². The van der Waals surface area contributed by atoms with E-state index in [2.05, 4.69) is 10.3 Å². The fourth-order valence-corrected chi connectivity index (χ4v) is 2.07. The standard InChI is InChI=1S/C12H8N4O5S/c17-10(14-12-13-7-11(22-12)16(20)21)6-3-8-1-4-9(5-2-8)15(18)19/h1-7H,(H,13,14,17)/b6-3+. The third-order valence-electron chi connectivity index (χ3n) is 2.43. The summed E-state index contributed by atoms with van der Waals surface area (Å²) in [6.07, 6.45) is 3.72. The maximum atomic E-state index is 11.6. The lowest BCUT2D eigenvalue weighted by atomic mass is 10.2. The van der Waals surface area contributed by atoms with Crippen molar-refractivity contribution in [3.63, 3.8) is 0 Å². The van der Waals surface area contributed by atoms with Gasteiger partial charge in [0.05, 0.1) is 9.85 Å². The number of nitrogens with zero attached hydrogens (tertiary/aromatic N) is 3. The Morgan fingerprint density at radius 3 is 2.41 bits per heavy atom. The first-order chi connectivity index (χ1) is 10.5. The Kier molecular flexibility index (Phi) is 4.53. The fourth-order valence-electron chi connectivity index (χ4n) is 1.43. The highest BCUT2D eigenvalue weighted by Crippen LogP contribution is 2.24. The quantitative estimate of drug-likeness (QED) is 0.512. The molecule has 2 rings (SSSR count). The van der Waals surface area contributed by atoms with Crippen LogP contribution in [0.1, 0.15) is 5.56 Å². The summed E-state index contributed by atoms with van der Waals surface area (Å²) in [6.45, 7) is 0. The number of nitrogens with one attached hydrogen (secondary N) is 1. The molecule has 0 fully saturated rings. The number of carbonyl (C=O) groups excluding carboxylic acids is 1. The molecule has 0 spiro atoms. The number of aromatic nitrogens is 1. The molecule has 0 bridgehead atoms. The number of non-ortho nitro benzene ring substituents is 1. The van der Waals surface area contributed by atoms with Gasteiger partial charge in [0.25, 0.3) is 5.69 Å². The first-order valence-corrected chi connectivity index (χ1v) is 6.61. The summed E-state index contributed by atoms with van der Waals surface area (Å²) < 4.78 is 0. The van der Waals surface area contributed by atoms with Crippen LogP contribution >= 0.6 is 11.3 Å². The van der Waals surface area contributed by atoms with E-state index < -0.39 is 15.8 Å². The number of carbonyl (C=O) groups is 1. The van der Waals surface area contributed by atoms with Gasteiger partial charge in [0.2, 0.25) is 5.91 Å². The molecule has 1 heterocycles. The molecule has 1 N–H and O–H groups in total. The predicted molar refractivity (Wildman–Crippen MR) is 79.5 cm³/mol. The summed E-state index contributed by atoms with van der Waals surface area (Å²) in [4.78, 5) is 35.2. The molecule has 1 aromatic carbocycles. The molecule has 0 saturated carbocycles. The van der Waals surface area contributed by atoms with Crippen molar-refractivity contribution in [3.05, 3.63) is 62.3 Å². The number of thiazole rings is 1. The molecule has 0 radical (unpaired) electrons. The number of hydrogen-bond donors (Lipinski definition) is 1. The van der Waals surface area contributed by atoms with Gasteiger partial charge < -0.3 is 0 Å². The van der Waals surface area contributed by atoms with Crippen LogP contribution in [0, 0.1) is 20.2 Å². The SMILES string of the molecule is O=C(/C=C/c1ccc([N+](=O)[O-])cc1)Nc1ncc([N+](=O)[O-])s1. The molecule has 0 aliphatic rings. The van der Waals surface area contributed by atoms with Crippen molar-refractivity contribution < 1.29 is 14.6 Å². The van der Waals surface area contributed by atoms with Gasteiger partial charge in [-0.3, -0.25) is 30.3 Å². The molecule has 0 atom stereocenters. The normalized spacial score (nSPS) is 10.5. The summed E-state index contributed by atoms with van der Waals surface area (Å²) in [7, 11) is 0. The highest BCUT2D eigenvalue weighted by Gasteiger charge is 2.12. The minimum atomic E-state index is -0.597. The maximum absolute atomic E-state index is 11.6. The summed E-state index contributed by atoms with van der Waals surface area (Å²) in [5.74, 6) is -0.511. The van der Waals surface area contributed by atoms with Crippen molar-refractivity contribution in [2.75, 3.05) is 5.32 Å². The molecule has 0 aliphatic carbocycles. The molecular weight excluding hydrogens is 312 g/mol. The highest BCUT2D eigenvalue weighted by atomic mass is 32.1. The van der Waals surface area contributed by atoms with Crippen molar-refractivity contribution in [1.29, 1.82) is 0 Å². The molecule has 2 aromatic rings. The molecule has 22 heavy (non-hydrogen) atoms. The molecule has 0 saturated heterocycles. The average molecular weight is 320 g/mol. The van der Waals surface area contributed by atoms with E-state index >= 15 is 0 Å². The Morgan fingerprint density at radius 1 is 1.18 bits per heavy atom. The van der Waals surface area contributed by atoms with Crippen LogP contribution in [-0.4, -0.2) is 20.7 Å². The van der Waals surface area contributed by atoms with E-state index in [-0.39, 0.29) is 15.8 Å². The second kappa shape index (κ2) is 6.54. The summed E-state index contributed by atoms with van der Waals surface area (Å²) in [5, 5.41) is 23.3. The van der Waals surface area contributed by atoms with Gasteiger partial charge >= 0.3 is 5.00 Å². The molecule has 112 valence electrons. The lowest BCUT2D eigenvalue weighted by Gasteiger charge is -1.96. The van der Waals surface area contributed by atoms with Crippen molar-refractivity contribution in [3.8, 4) is 0 Å². The number of benzene rings is 1. The van der Waals surface area contributed by atoms with Crippen LogP contribution in [0.3, 0.4) is 0 Å². The predicted octanol–water partition coefficient (Wildman–Crippen LogP) is 2.61. The van der Waals surface area contributed by atoms with Crippen LogP contribution in [0.4, 0.5) is 15.8 Å². The third-order valence-corrected chi connectivity index (χ3v) is 3.30. The molecule has 0 aliphatic heterocycles. The average Bonchev–Trinajstić information content (AvgIpc) is 2.94. The van der Waals surface area contributed by atoms with Gasteiger partial charge in [0, 0.05) is 18.2 Å². The Labute approximate surface area is 127 Å². The van der Waals surface area contributed by atoms with Crippen molar-refractivity contribution in [2.45, 2.75) is 0 Å². The molecule has 0 unspecified atom stereocenters. The van der Waals surface area contributed by atoms with Gasteiger partial charge in [-0.15, -0.1) is 0 Å². The number of anilines is 1. The van der Waals surface area contributed by atoms with Crippen LogP contribution in [0.2, 0.25) is 0 Å². The van der Waals surface area contributed by atoms with Gasteiger partial charge in [0.1, 0.15) is 6.20 Å². The van der Waals surface area contributed by atoms with Crippen LogP contribution in [-0.2, 0) is 4.79 Å². The lowest BCUT2D eigenvalue weighted by Crippen LogP contribution is -2.07. The summed E-state index contributed by atoms with van der Waals surface area (Å²) in [6, 6.07) is 5.63. The number of nitro groups is 2. The summed E-state index contributed by atoms with van der Waals surface area (Å²) >= 11 is 0.745. The largest absolute Gasteiger partial charge is 0.345 e. The Bertz CT molecular complexity index is 753. The fraction of sp³-hybridized carbons (Fsp3) is 0. The molecule has 1 amide bonds. The Hall–Kier alpha value is -3.14.